The monoisotopic (exact) mass is 802 g/mol. The highest BCUT2D eigenvalue weighted by Gasteiger charge is 2.39. The minimum atomic E-state index is -0.976. The average molecular weight is 804 g/mol. The smallest absolute Gasteiger partial charge is 0.307 e. The van der Waals surface area contributed by atoms with Crippen molar-refractivity contribution in [2.24, 2.45) is 17.8 Å². The van der Waals surface area contributed by atoms with Crippen LogP contribution in [-0.4, -0.2) is 50.0 Å². The Balaban J connectivity index is 0.000000189. The number of hydrogen-bond acceptors (Lipinski definition) is 8. The molecule has 5 aromatic rings. The molecule has 10 nitrogen and oxygen atoms in total. The Labute approximate surface area is 330 Å². The number of benzene rings is 3. The topological polar surface area (TPSA) is 150 Å². The molecule has 0 unspecified atom stereocenters. The summed E-state index contributed by atoms with van der Waals surface area (Å²) in [6.45, 7) is 0. The standard InChI is InChI=1S/C23H21ClN2O3S.C17H15ClN2O3S/c24-19-9-5-4-8-18(19)20-14-30-23(25-20)26(17-10-11-17)22(29)16(13-21(27)28)12-15-6-2-1-3-7-15;18-13-8-4-3-7-12(13)14-9-24-17(19-14)20-15(21)10-5-1-2-6-11(10)16(22)23/h1-9,14,16-17H,10-13H2,(H,27,28);1-4,7-11H,5-6H2,(H,22,23)(H,19,20,21)/t16-;10-,11+/m11/s1. The number of carboxylic acid groups (broad SMARTS) is 2. The Kier molecular flexibility index (Phi) is 12.9. The van der Waals surface area contributed by atoms with E-state index in [1.165, 1.54) is 22.7 Å². The lowest BCUT2D eigenvalue weighted by Crippen LogP contribution is -2.39. The Hall–Kier alpha value is -4.88. The van der Waals surface area contributed by atoms with Gasteiger partial charge in [-0.15, -0.1) is 22.7 Å². The van der Waals surface area contributed by atoms with E-state index in [2.05, 4.69) is 15.3 Å². The molecule has 2 amide bonds. The first-order valence-electron chi connectivity index (χ1n) is 17.3. The van der Waals surface area contributed by atoms with Crippen molar-refractivity contribution in [3.63, 3.8) is 0 Å². The van der Waals surface area contributed by atoms with E-state index < -0.39 is 29.7 Å². The van der Waals surface area contributed by atoms with Gasteiger partial charge in [-0.05, 0) is 49.8 Å². The summed E-state index contributed by atoms with van der Waals surface area (Å²) in [5.74, 6) is -4.33. The maximum absolute atomic E-state index is 13.5. The maximum atomic E-state index is 13.5. The van der Waals surface area contributed by atoms with Crippen LogP contribution in [0.25, 0.3) is 22.5 Å². The third-order valence-corrected chi connectivity index (χ3v) is 11.3. The molecule has 7 rings (SSSR count). The molecule has 3 aromatic carbocycles. The lowest BCUT2D eigenvalue weighted by molar-refractivity contribution is -0.146. The molecule has 0 spiro atoms. The summed E-state index contributed by atoms with van der Waals surface area (Å²) in [7, 11) is 0. The largest absolute Gasteiger partial charge is 0.481 e. The zero-order valence-electron chi connectivity index (χ0n) is 28.8. The number of allylic oxidation sites excluding steroid dienone is 2. The van der Waals surface area contributed by atoms with Gasteiger partial charge >= 0.3 is 11.9 Å². The van der Waals surface area contributed by atoms with Gasteiger partial charge in [0, 0.05) is 38.0 Å². The SMILES string of the molecule is O=C(O)C[C@@H](Cc1ccccc1)C(=O)N(c1nc(-c2ccccc2Cl)cs1)C1CC1.O=C(O)[C@H]1CC=CC[C@H]1C(=O)Nc1nc(-c2ccccc2Cl)cs1. The number of rotatable bonds is 12. The first-order valence-corrected chi connectivity index (χ1v) is 19.8. The lowest BCUT2D eigenvalue weighted by atomic mass is 9.82. The molecular weight excluding hydrogens is 768 g/mol. The summed E-state index contributed by atoms with van der Waals surface area (Å²) in [6.07, 6.45) is 6.43. The van der Waals surface area contributed by atoms with Gasteiger partial charge in [0.05, 0.1) is 35.6 Å². The number of hydrogen-bond donors (Lipinski definition) is 3. The van der Waals surface area contributed by atoms with Crippen molar-refractivity contribution in [3.8, 4) is 22.5 Å². The number of aromatic nitrogens is 2. The van der Waals surface area contributed by atoms with Crippen LogP contribution in [0.2, 0.25) is 10.0 Å². The number of carboxylic acids is 2. The van der Waals surface area contributed by atoms with Crippen molar-refractivity contribution in [3.05, 3.63) is 117 Å². The number of halogens is 2. The molecule has 2 aliphatic carbocycles. The van der Waals surface area contributed by atoms with Crippen LogP contribution in [0, 0.1) is 17.8 Å². The molecule has 14 heteroatoms. The van der Waals surface area contributed by atoms with Gasteiger partial charge in [-0.2, -0.15) is 0 Å². The highest BCUT2D eigenvalue weighted by molar-refractivity contribution is 7.14. The number of carbonyl (C=O) groups is 4. The first-order chi connectivity index (χ1) is 26.1. The van der Waals surface area contributed by atoms with Gasteiger partial charge in [0.2, 0.25) is 11.8 Å². The molecule has 3 atom stereocenters. The summed E-state index contributed by atoms with van der Waals surface area (Å²) in [4.78, 5) is 59.5. The van der Waals surface area contributed by atoms with E-state index in [1.54, 1.807) is 11.0 Å². The summed E-state index contributed by atoms with van der Waals surface area (Å²) in [6, 6.07) is 24.4. The molecule has 0 saturated heterocycles. The van der Waals surface area contributed by atoms with E-state index in [4.69, 9.17) is 23.2 Å². The van der Waals surface area contributed by atoms with Crippen LogP contribution >= 0.6 is 45.9 Å². The van der Waals surface area contributed by atoms with E-state index in [1.807, 2.05) is 95.7 Å². The zero-order valence-corrected chi connectivity index (χ0v) is 32.0. The quantitative estimate of drug-likeness (QED) is 0.106. The second kappa shape index (κ2) is 18.0. The summed E-state index contributed by atoms with van der Waals surface area (Å²) in [5, 5.41) is 27.3. The van der Waals surface area contributed by atoms with Crippen LogP contribution in [0.4, 0.5) is 10.3 Å². The Morgan fingerprint density at radius 3 is 1.94 bits per heavy atom. The van der Waals surface area contributed by atoms with Gasteiger partial charge in [0.15, 0.2) is 10.3 Å². The molecule has 0 aliphatic heterocycles. The van der Waals surface area contributed by atoms with Crippen molar-refractivity contribution >= 4 is 79.9 Å². The average Bonchev–Trinajstić information content (AvgIpc) is 3.69. The van der Waals surface area contributed by atoms with Crippen LogP contribution in [0.15, 0.2) is 102 Å². The van der Waals surface area contributed by atoms with Gasteiger partial charge in [-0.25, -0.2) is 9.97 Å². The minimum absolute atomic E-state index is 0.0785. The second-order valence-corrected chi connectivity index (χ2v) is 15.4. The van der Waals surface area contributed by atoms with E-state index in [-0.39, 0.29) is 24.3 Å². The maximum Gasteiger partial charge on any atom is 0.307 e. The molecule has 54 heavy (non-hydrogen) atoms. The van der Waals surface area contributed by atoms with Crippen LogP contribution in [0.5, 0.6) is 0 Å². The van der Waals surface area contributed by atoms with Crippen molar-refractivity contribution in [1.82, 2.24) is 9.97 Å². The van der Waals surface area contributed by atoms with E-state index in [9.17, 15) is 29.4 Å². The fourth-order valence-electron chi connectivity index (χ4n) is 6.18. The van der Waals surface area contributed by atoms with Gasteiger partial charge in [0.25, 0.3) is 0 Å². The molecule has 1 saturated carbocycles. The molecule has 0 bridgehead atoms. The van der Waals surface area contributed by atoms with Crippen molar-refractivity contribution in [1.29, 1.82) is 0 Å². The molecular formula is C40H36Cl2N4O6S2. The van der Waals surface area contributed by atoms with E-state index >= 15 is 0 Å². The third kappa shape index (κ3) is 9.80. The fourth-order valence-corrected chi connectivity index (χ4v) is 8.26. The molecule has 2 aromatic heterocycles. The van der Waals surface area contributed by atoms with E-state index in [0.29, 0.717) is 45.3 Å². The Morgan fingerprint density at radius 1 is 0.778 bits per heavy atom. The van der Waals surface area contributed by atoms with Crippen LogP contribution in [0.1, 0.15) is 37.7 Å². The molecule has 0 radical (unpaired) electrons. The molecule has 3 N–H and O–H groups in total. The Morgan fingerprint density at radius 2 is 1.35 bits per heavy atom. The molecule has 2 aliphatic rings. The summed E-state index contributed by atoms with van der Waals surface area (Å²) < 4.78 is 0. The number of aliphatic carboxylic acids is 2. The van der Waals surface area contributed by atoms with Crippen molar-refractivity contribution in [2.75, 3.05) is 10.2 Å². The Bertz CT molecular complexity index is 2150. The lowest BCUT2D eigenvalue weighted by Gasteiger charge is -2.24. The second-order valence-electron chi connectivity index (χ2n) is 12.9. The van der Waals surface area contributed by atoms with E-state index in [0.717, 1.165) is 35.2 Å². The van der Waals surface area contributed by atoms with Gasteiger partial charge in [-0.3, -0.25) is 24.1 Å². The normalized spacial score (nSPS) is 16.8. The van der Waals surface area contributed by atoms with Crippen LogP contribution in [-0.2, 0) is 25.6 Å². The van der Waals surface area contributed by atoms with Gasteiger partial charge < -0.3 is 15.5 Å². The van der Waals surface area contributed by atoms with Crippen LogP contribution in [0.3, 0.4) is 0 Å². The van der Waals surface area contributed by atoms with Crippen molar-refractivity contribution in [2.45, 2.75) is 44.6 Å². The number of carbonyl (C=O) groups excluding carboxylic acids is 2. The molecule has 278 valence electrons. The summed E-state index contributed by atoms with van der Waals surface area (Å²) in [5.41, 5.74) is 3.95. The zero-order chi connectivity index (χ0) is 38.2. The number of nitrogens with zero attached hydrogens (tertiary/aromatic N) is 3. The minimum Gasteiger partial charge on any atom is -0.481 e. The third-order valence-electron chi connectivity index (χ3n) is 9.06. The predicted molar refractivity (Wildman–Crippen MR) is 213 cm³/mol. The van der Waals surface area contributed by atoms with Crippen LogP contribution < -0.4 is 10.2 Å². The predicted octanol–water partition coefficient (Wildman–Crippen LogP) is 9.36. The molecule has 1 fully saturated rings. The fraction of sp³-hybridized carbons (Fsp3) is 0.250. The summed E-state index contributed by atoms with van der Waals surface area (Å²) >= 11 is 15.1. The highest BCUT2D eigenvalue weighted by Crippen LogP contribution is 2.39. The van der Waals surface area contributed by atoms with Crippen molar-refractivity contribution < 1.29 is 29.4 Å². The van der Waals surface area contributed by atoms with Gasteiger partial charge in [0.1, 0.15) is 0 Å². The number of anilines is 2. The van der Waals surface area contributed by atoms with Gasteiger partial charge in [-0.1, -0.05) is 102 Å². The highest BCUT2D eigenvalue weighted by atomic mass is 35.5. The number of amides is 2. The number of thiazole rings is 2. The number of nitrogens with one attached hydrogen (secondary N) is 1. The first kappa shape index (κ1) is 38.8. The molecule has 2 heterocycles.